The van der Waals surface area contributed by atoms with Gasteiger partial charge in [-0.05, 0) is 26.6 Å². The van der Waals surface area contributed by atoms with E-state index in [-0.39, 0.29) is 0 Å². The number of benzene rings is 1. The number of rotatable bonds is 9. The molecule has 4 nitrogen and oxygen atoms in total. The monoisotopic (exact) mass is 280 g/mol. The van der Waals surface area contributed by atoms with Crippen molar-refractivity contribution in [2.24, 2.45) is 0 Å². The van der Waals surface area contributed by atoms with Crippen molar-refractivity contribution >= 4 is 0 Å². The van der Waals surface area contributed by atoms with Crippen molar-refractivity contribution in [2.75, 3.05) is 34.4 Å². The highest BCUT2D eigenvalue weighted by atomic mass is 16.5. The molecule has 0 spiro atoms. The minimum Gasteiger partial charge on any atom is -0.493 e. The largest absolute Gasteiger partial charge is 0.493 e. The molecule has 1 rings (SSSR count). The molecule has 0 aliphatic rings. The van der Waals surface area contributed by atoms with Gasteiger partial charge in [-0.15, -0.1) is 0 Å². The Hall–Kier alpha value is -1.26. The number of ether oxygens (including phenoxy) is 2. The van der Waals surface area contributed by atoms with Gasteiger partial charge in [-0.3, -0.25) is 0 Å². The molecule has 0 fully saturated rings. The van der Waals surface area contributed by atoms with E-state index in [1.807, 2.05) is 12.1 Å². The second-order valence-corrected chi connectivity index (χ2v) is 5.49. The Kier molecular flexibility index (Phi) is 7.41. The van der Waals surface area contributed by atoms with Crippen molar-refractivity contribution < 1.29 is 9.47 Å². The Morgan fingerprint density at radius 3 is 2.60 bits per heavy atom. The molecular formula is C16H28N2O2. The van der Waals surface area contributed by atoms with Crippen LogP contribution in [0, 0.1) is 0 Å². The summed E-state index contributed by atoms with van der Waals surface area (Å²) in [4.78, 5) is 2.16. The van der Waals surface area contributed by atoms with E-state index in [1.54, 1.807) is 7.11 Å². The van der Waals surface area contributed by atoms with Crippen LogP contribution in [0.1, 0.15) is 25.8 Å². The topological polar surface area (TPSA) is 33.7 Å². The zero-order chi connectivity index (χ0) is 15.0. The van der Waals surface area contributed by atoms with Gasteiger partial charge in [0.15, 0.2) is 11.5 Å². The maximum atomic E-state index is 5.95. The van der Waals surface area contributed by atoms with Crippen molar-refractivity contribution in [3.63, 3.8) is 0 Å². The zero-order valence-corrected chi connectivity index (χ0v) is 13.4. The summed E-state index contributed by atoms with van der Waals surface area (Å²) in [5, 5.41) is 3.42. The van der Waals surface area contributed by atoms with Gasteiger partial charge in [0.1, 0.15) is 0 Å². The number of methoxy groups -OCH3 is 1. The number of nitrogens with one attached hydrogen (secondary N) is 1. The highest BCUT2D eigenvalue weighted by Crippen LogP contribution is 2.31. The second kappa shape index (κ2) is 8.82. The van der Waals surface area contributed by atoms with E-state index in [9.17, 15) is 0 Å². The molecule has 4 heteroatoms. The van der Waals surface area contributed by atoms with Gasteiger partial charge in [0, 0.05) is 24.7 Å². The normalized spacial score (nSPS) is 11.2. The highest BCUT2D eigenvalue weighted by Gasteiger charge is 2.10. The molecule has 0 atom stereocenters. The molecule has 0 aromatic heterocycles. The fraction of sp³-hybridized carbons (Fsp3) is 0.625. The molecule has 0 amide bonds. The first-order valence-corrected chi connectivity index (χ1v) is 7.21. The van der Waals surface area contributed by atoms with Gasteiger partial charge in [-0.25, -0.2) is 0 Å². The summed E-state index contributed by atoms with van der Waals surface area (Å²) in [5.74, 6) is 1.67. The van der Waals surface area contributed by atoms with Crippen molar-refractivity contribution in [3.8, 4) is 11.5 Å². The van der Waals surface area contributed by atoms with Gasteiger partial charge >= 0.3 is 0 Å². The maximum Gasteiger partial charge on any atom is 0.165 e. The minimum absolute atomic E-state index is 0.447. The lowest BCUT2D eigenvalue weighted by molar-refractivity contribution is 0.265. The Morgan fingerprint density at radius 2 is 2.00 bits per heavy atom. The lowest BCUT2D eigenvalue weighted by Crippen LogP contribution is -2.22. The predicted octanol–water partition coefficient (Wildman–Crippen LogP) is 2.52. The van der Waals surface area contributed by atoms with Crippen LogP contribution in [0.25, 0.3) is 0 Å². The van der Waals surface area contributed by atoms with E-state index in [0.29, 0.717) is 12.6 Å². The third-order valence-corrected chi connectivity index (χ3v) is 2.98. The van der Waals surface area contributed by atoms with E-state index in [0.717, 1.165) is 36.6 Å². The quantitative estimate of drug-likeness (QED) is 0.705. The molecule has 0 radical (unpaired) electrons. The van der Waals surface area contributed by atoms with Crippen LogP contribution in [0.15, 0.2) is 18.2 Å². The first-order chi connectivity index (χ1) is 9.54. The molecule has 0 aliphatic carbocycles. The standard InChI is InChI=1S/C16H28N2O2/c1-13(2)17-12-14-8-6-9-15(19-5)16(14)20-11-7-10-18(3)4/h6,8-9,13,17H,7,10-12H2,1-5H3. The minimum atomic E-state index is 0.447. The molecule has 0 saturated heterocycles. The van der Waals surface area contributed by atoms with Crippen molar-refractivity contribution in [1.82, 2.24) is 10.2 Å². The molecule has 0 heterocycles. The van der Waals surface area contributed by atoms with Crippen LogP contribution < -0.4 is 14.8 Å². The molecule has 20 heavy (non-hydrogen) atoms. The maximum absolute atomic E-state index is 5.95. The Bertz CT molecular complexity index is 392. The van der Waals surface area contributed by atoms with Crippen molar-refractivity contribution in [1.29, 1.82) is 0 Å². The summed E-state index contributed by atoms with van der Waals surface area (Å²) in [6.07, 6.45) is 1.00. The van der Waals surface area contributed by atoms with E-state index in [2.05, 4.69) is 44.2 Å². The predicted molar refractivity (Wildman–Crippen MR) is 83.6 cm³/mol. The van der Waals surface area contributed by atoms with E-state index in [4.69, 9.17) is 9.47 Å². The Balaban J connectivity index is 2.68. The van der Waals surface area contributed by atoms with Crippen LogP contribution >= 0.6 is 0 Å². The lowest BCUT2D eigenvalue weighted by atomic mass is 10.1. The van der Waals surface area contributed by atoms with Gasteiger partial charge in [0.05, 0.1) is 13.7 Å². The van der Waals surface area contributed by atoms with Gasteiger partial charge in [0.2, 0.25) is 0 Å². The lowest BCUT2D eigenvalue weighted by Gasteiger charge is -2.17. The van der Waals surface area contributed by atoms with Crippen LogP contribution in [-0.4, -0.2) is 45.3 Å². The third kappa shape index (κ3) is 5.80. The molecule has 1 N–H and O–H groups in total. The Labute approximate surface area is 123 Å². The molecule has 0 unspecified atom stereocenters. The number of para-hydroxylation sites is 1. The summed E-state index contributed by atoms with van der Waals surface area (Å²) >= 11 is 0. The molecule has 0 aliphatic heterocycles. The Morgan fingerprint density at radius 1 is 1.25 bits per heavy atom. The zero-order valence-electron chi connectivity index (χ0n) is 13.4. The summed E-state index contributed by atoms with van der Waals surface area (Å²) in [7, 11) is 5.82. The average molecular weight is 280 g/mol. The fourth-order valence-corrected chi connectivity index (χ4v) is 1.89. The third-order valence-electron chi connectivity index (χ3n) is 2.98. The van der Waals surface area contributed by atoms with Crippen molar-refractivity contribution in [2.45, 2.75) is 32.9 Å². The molecule has 1 aromatic carbocycles. The number of nitrogens with zero attached hydrogens (tertiary/aromatic N) is 1. The smallest absolute Gasteiger partial charge is 0.165 e. The number of hydrogen-bond acceptors (Lipinski definition) is 4. The van der Waals surface area contributed by atoms with Crippen molar-refractivity contribution in [3.05, 3.63) is 23.8 Å². The van der Waals surface area contributed by atoms with Gasteiger partial charge < -0.3 is 19.7 Å². The molecule has 0 saturated carbocycles. The van der Waals surface area contributed by atoms with Crippen LogP contribution in [0.3, 0.4) is 0 Å². The van der Waals surface area contributed by atoms with Gasteiger partial charge in [0.25, 0.3) is 0 Å². The SMILES string of the molecule is COc1cccc(CNC(C)C)c1OCCCN(C)C. The number of hydrogen-bond donors (Lipinski definition) is 1. The van der Waals surface area contributed by atoms with Crippen LogP contribution in [0.4, 0.5) is 0 Å². The van der Waals surface area contributed by atoms with E-state index >= 15 is 0 Å². The van der Waals surface area contributed by atoms with Crippen LogP contribution in [0.5, 0.6) is 11.5 Å². The summed E-state index contributed by atoms with van der Waals surface area (Å²) in [5.41, 5.74) is 1.14. The first-order valence-electron chi connectivity index (χ1n) is 7.21. The summed E-state index contributed by atoms with van der Waals surface area (Å²) in [6.45, 7) is 6.79. The fourth-order valence-electron chi connectivity index (χ4n) is 1.89. The molecular weight excluding hydrogens is 252 g/mol. The summed E-state index contributed by atoms with van der Waals surface area (Å²) < 4.78 is 11.4. The molecule has 1 aromatic rings. The van der Waals surface area contributed by atoms with Crippen LogP contribution in [0.2, 0.25) is 0 Å². The first kappa shape index (κ1) is 16.8. The molecule has 114 valence electrons. The van der Waals surface area contributed by atoms with E-state index < -0.39 is 0 Å². The van der Waals surface area contributed by atoms with Gasteiger partial charge in [-0.1, -0.05) is 26.0 Å². The summed E-state index contributed by atoms with van der Waals surface area (Å²) in [6, 6.07) is 6.48. The highest BCUT2D eigenvalue weighted by molar-refractivity contribution is 5.46. The van der Waals surface area contributed by atoms with E-state index in [1.165, 1.54) is 0 Å². The van der Waals surface area contributed by atoms with Crippen LogP contribution in [-0.2, 0) is 6.54 Å². The molecule has 0 bridgehead atoms. The van der Waals surface area contributed by atoms with Gasteiger partial charge in [-0.2, -0.15) is 0 Å². The average Bonchev–Trinajstić information content (AvgIpc) is 2.41. The second-order valence-electron chi connectivity index (χ2n) is 5.49.